The van der Waals surface area contributed by atoms with E-state index < -0.39 is 20.0 Å². The van der Waals surface area contributed by atoms with Crippen LogP contribution in [0.4, 0.5) is 5.69 Å². The van der Waals surface area contributed by atoms with Crippen molar-refractivity contribution < 1.29 is 19.1 Å². The maximum atomic E-state index is 13.1. The summed E-state index contributed by atoms with van der Waals surface area (Å²) in [4.78, 5) is 37.3. The first-order valence-corrected chi connectivity index (χ1v) is 13.8. The molecule has 1 aliphatic rings. The minimum atomic E-state index is -1.44. The predicted octanol–water partition coefficient (Wildman–Crippen LogP) is 2.17. The number of ether oxygens (including phenoxy) is 1. The summed E-state index contributed by atoms with van der Waals surface area (Å²) in [5, 5.41) is 9.66. The van der Waals surface area contributed by atoms with Crippen molar-refractivity contribution in [1.82, 2.24) is 10.6 Å². The Morgan fingerprint density at radius 1 is 1.06 bits per heavy atom. The van der Waals surface area contributed by atoms with Gasteiger partial charge in [0.15, 0.2) is 0 Å². The van der Waals surface area contributed by atoms with E-state index in [9.17, 15) is 14.4 Å². The van der Waals surface area contributed by atoms with Crippen molar-refractivity contribution in [3.63, 3.8) is 0 Å². The third kappa shape index (κ3) is 5.73. The molecule has 164 valence electrons. The Balaban J connectivity index is 1.79. The molecule has 0 saturated carbocycles. The predicted molar refractivity (Wildman–Crippen MR) is 123 cm³/mol. The number of carbonyl (C=O) groups is 3. The van der Waals surface area contributed by atoms with Crippen LogP contribution in [0.5, 0.6) is 5.75 Å². The van der Waals surface area contributed by atoms with E-state index in [4.69, 9.17) is 4.74 Å². The number of carbonyl (C=O) groups excluding carboxylic acids is 3. The van der Waals surface area contributed by atoms with Gasteiger partial charge in [-0.1, -0.05) is 49.1 Å². The first-order valence-electron chi connectivity index (χ1n) is 10.3. The molecule has 1 aliphatic heterocycles. The van der Waals surface area contributed by atoms with Gasteiger partial charge in [0.2, 0.25) is 11.8 Å². The summed E-state index contributed by atoms with van der Waals surface area (Å²) in [5.41, 5.74) is 1.29. The maximum Gasteiger partial charge on any atom is 0.251 e. The van der Waals surface area contributed by atoms with Gasteiger partial charge in [0.1, 0.15) is 11.8 Å². The fourth-order valence-electron chi connectivity index (χ4n) is 3.42. The highest BCUT2D eigenvalue weighted by atomic mass is 28.3. The fraction of sp³-hybridized carbons (Fsp3) is 0.348. The molecule has 7 nitrogen and oxygen atoms in total. The molecular formula is C23H29N3O4Si. The van der Waals surface area contributed by atoms with Crippen molar-refractivity contribution in [1.29, 1.82) is 0 Å². The highest BCUT2D eigenvalue weighted by Gasteiger charge is 2.31. The quantitative estimate of drug-likeness (QED) is 0.576. The molecule has 31 heavy (non-hydrogen) atoms. The number of amides is 3. The van der Waals surface area contributed by atoms with Gasteiger partial charge in [-0.25, -0.2) is 0 Å². The zero-order chi connectivity index (χ0) is 22.6. The van der Waals surface area contributed by atoms with E-state index >= 15 is 0 Å². The summed E-state index contributed by atoms with van der Waals surface area (Å²) in [6.45, 7) is 7.06. The lowest BCUT2D eigenvalue weighted by molar-refractivity contribution is -0.129. The van der Waals surface area contributed by atoms with Crippen LogP contribution in [0.2, 0.25) is 19.6 Å². The topological polar surface area (TPSA) is 96.5 Å². The van der Waals surface area contributed by atoms with Crippen molar-refractivity contribution in [2.45, 2.75) is 32.1 Å². The molecule has 0 radical (unpaired) electrons. The van der Waals surface area contributed by atoms with Gasteiger partial charge in [-0.2, -0.15) is 0 Å². The van der Waals surface area contributed by atoms with Crippen molar-refractivity contribution in [2.75, 3.05) is 19.0 Å². The van der Waals surface area contributed by atoms with Crippen LogP contribution in [-0.2, 0) is 14.4 Å². The van der Waals surface area contributed by atoms with Gasteiger partial charge in [-0.05, 0) is 29.8 Å². The highest BCUT2D eigenvalue weighted by molar-refractivity contribution is 6.88. The number of anilines is 1. The van der Waals surface area contributed by atoms with Crippen molar-refractivity contribution in [2.24, 2.45) is 5.92 Å². The lowest BCUT2D eigenvalue weighted by Gasteiger charge is -2.21. The molecule has 2 aromatic rings. The smallest absolute Gasteiger partial charge is 0.251 e. The second-order valence-corrected chi connectivity index (χ2v) is 13.8. The Bertz CT molecular complexity index is 952. The summed E-state index contributed by atoms with van der Waals surface area (Å²) >= 11 is 0. The molecule has 0 spiro atoms. The van der Waals surface area contributed by atoms with Crippen LogP contribution < -0.4 is 25.9 Å². The Morgan fingerprint density at radius 3 is 2.23 bits per heavy atom. The molecule has 2 atom stereocenters. The number of nitrogens with one attached hydrogen (secondary N) is 3. The molecule has 3 amide bonds. The molecule has 0 bridgehead atoms. The molecule has 2 aromatic carbocycles. The Hall–Kier alpha value is -3.13. The molecule has 1 saturated heterocycles. The Morgan fingerprint density at radius 2 is 1.71 bits per heavy atom. The van der Waals surface area contributed by atoms with E-state index in [1.807, 2.05) is 24.3 Å². The standard InChI is InChI=1S/C23H29N3O4Si/c1-30-18-9-5-15(6-10-18)21(26-22(28)16-13-20(27)24-14-16)23(29)25-17-7-11-19(12-8-17)31(2,3)4/h5-12,16,21H,13-14H2,1-4H3,(H,24,27)(H,25,29)(H,26,28). The van der Waals surface area contributed by atoms with Crippen LogP contribution in [0.3, 0.4) is 0 Å². The van der Waals surface area contributed by atoms with E-state index in [1.54, 1.807) is 31.4 Å². The summed E-state index contributed by atoms with van der Waals surface area (Å²) in [6.07, 6.45) is 0.126. The minimum Gasteiger partial charge on any atom is -0.497 e. The minimum absolute atomic E-state index is 0.126. The Kier molecular flexibility index (Phi) is 6.80. The van der Waals surface area contributed by atoms with E-state index in [-0.39, 0.29) is 30.7 Å². The fourth-order valence-corrected chi connectivity index (χ4v) is 4.58. The monoisotopic (exact) mass is 439 g/mol. The van der Waals surface area contributed by atoms with Crippen molar-refractivity contribution in [3.05, 3.63) is 54.1 Å². The van der Waals surface area contributed by atoms with E-state index in [2.05, 4.69) is 35.6 Å². The van der Waals surface area contributed by atoms with Crippen LogP contribution in [0.25, 0.3) is 0 Å². The van der Waals surface area contributed by atoms with Crippen LogP contribution in [0.15, 0.2) is 48.5 Å². The molecule has 0 aliphatic carbocycles. The third-order valence-corrected chi connectivity index (χ3v) is 7.43. The molecule has 0 aromatic heterocycles. The van der Waals surface area contributed by atoms with Crippen LogP contribution in [0, 0.1) is 5.92 Å². The average molecular weight is 440 g/mol. The number of hydrogen-bond acceptors (Lipinski definition) is 4. The molecule has 3 rings (SSSR count). The van der Waals surface area contributed by atoms with Gasteiger partial charge in [0.05, 0.1) is 21.1 Å². The van der Waals surface area contributed by atoms with Crippen LogP contribution in [0.1, 0.15) is 18.0 Å². The van der Waals surface area contributed by atoms with E-state index in [1.165, 1.54) is 5.19 Å². The van der Waals surface area contributed by atoms with Crippen molar-refractivity contribution in [3.8, 4) is 5.75 Å². The van der Waals surface area contributed by atoms with Gasteiger partial charge in [-0.3, -0.25) is 14.4 Å². The van der Waals surface area contributed by atoms with Gasteiger partial charge < -0.3 is 20.7 Å². The van der Waals surface area contributed by atoms with Gasteiger partial charge in [-0.15, -0.1) is 0 Å². The summed E-state index contributed by atoms with van der Waals surface area (Å²) < 4.78 is 5.19. The number of rotatable bonds is 7. The lowest BCUT2D eigenvalue weighted by Crippen LogP contribution is -2.40. The Labute approximate surface area is 183 Å². The molecule has 1 heterocycles. The number of benzene rings is 2. The summed E-state index contributed by atoms with van der Waals surface area (Å²) in [5.74, 6) is -0.674. The van der Waals surface area contributed by atoms with E-state index in [0.717, 1.165) is 0 Å². The van der Waals surface area contributed by atoms with Gasteiger partial charge in [0.25, 0.3) is 5.91 Å². The number of methoxy groups -OCH3 is 1. The largest absolute Gasteiger partial charge is 0.497 e. The number of hydrogen-bond donors (Lipinski definition) is 3. The van der Waals surface area contributed by atoms with Gasteiger partial charge in [0, 0.05) is 18.7 Å². The molecule has 3 N–H and O–H groups in total. The van der Waals surface area contributed by atoms with Crippen molar-refractivity contribution >= 4 is 36.7 Å². The SMILES string of the molecule is COc1ccc(C(NC(=O)C2CNC(=O)C2)C(=O)Nc2ccc([Si](C)(C)C)cc2)cc1. The third-order valence-electron chi connectivity index (χ3n) is 5.36. The highest BCUT2D eigenvalue weighted by Crippen LogP contribution is 2.21. The second-order valence-electron chi connectivity index (χ2n) is 8.74. The van der Waals surface area contributed by atoms with Crippen LogP contribution in [-0.4, -0.2) is 39.4 Å². The zero-order valence-electron chi connectivity index (χ0n) is 18.3. The lowest BCUT2D eigenvalue weighted by atomic mass is 10.0. The molecular weight excluding hydrogens is 410 g/mol. The molecule has 2 unspecified atom stereocenters. The summed E-state index contributed by atoms with van der Waals surface area (Å²) in [6, 6.07) is 13.9. The maximum absolute atomic E-state index is 13.1. The summed E-state index contributed by atoms with van der Waals surface area (Å²) in [7, 11) is 0.127. The second kappa shape index (κ2) is 9.34. The average Bonchev–Trinajstić information content (AvgIpc) is 3.18. The zero-order valence-corrected chi connectivity index (χ0v) is 19.3. The molecule has 1 fully saturated rings. The first-order chi connectivity index (χ1) is 14.7. The normalized spacial score (nSPS) is 16.9. The van der Waals surface area contributed by atoms with Gasteiger partial charge >= 0.3 is 0 Å². The van der Waals surface area contributed by atoms with Crippen LogP contribution >= 0.6 is 0 Å². The van der Waals surface area contributed by atoms with E-state index in [0.29, 0.717) is 17.0 Å². The molecule has 8 heteroatoms. The first kappa shape index (κ1) is 22.5.